The molecule has 1 aromatic carbocycles. The summed E-state index contributed by atoms with van der Waals surface area (Å²) in [6.07, 6.45) is 0. The van der Waals surface area contributed by atoms with Gasteiger partial charge in [0.1, 0.15) is 10.8 Å². The number of anilines is 1. The number of piperazine rings is 1. The monoisotopic (exact) mass is 405 g/mol. The van der Waals surface area contributed by atoms with Crippen molar-refractivity contribution in [3.63, 3.8) is 0 Å². The van der Waals surface area contributed by atoms with E-state index in [1.807, 2.05) is 6.92 Å². The van der Waals surface area contributed by atoms with Crippen molar-refractivity contribution in [2.24, 2.45) is 0 Å². The Morgan fingerprint density at radius 1 is 1.14 bits per heavy atom. The second-order valence-corrected chi connectivity index (χ2v) is 8.07. The van der Waals surface area contributed by atoms with Crippen LogP contribution >= 0.6 is 11.3 Å². The molecule has 3 rings (SSSR count). The minimum absolute atomic E-state index is 0.140. The maximum atomic E-state index is 13.0. The van der Waals surface area contributed by atoms with Gasteiger partial charge in [-0.05, 0) is 30.7 Å². The van der Waals surface area contributed by atoms with Crippen LogP contribution in [0.5, 0.6) is 0 Å². The standard InChI is InChI=1S/C20H24FN3O3S/c1-14-11-17(20(26)27-2)19(28-14)22-18(25)13-24-9-7-23(8-10-24)12-15-3-5-16(21)6-4-15/h3-6,11H,7-10,12-13H2,1-2H3,(H,22,25). The van der Waals surface area contributed by atoms with Crippen LogP contribution in [0, 0.1) is 12.7 Å². The Morgan fingerprint density at radius 3 is 2.43 bits per heavy atom. The number of amides is 1. The molecule has 0 spiro atoms. The molecule has 0 unspecified atom stereocenters. The molecule has 0 atom stereocenters. The van der Waals surface area contributed by atoms with Crippen molar-refractivity contribution in [1.29, 1.82) is 0 Å². The van der Waals surface area contributed by atoms with Gasteiger partial charge in [0.2, 0.25) is 5.91 Å². The molecule has 0 aliphatic carbocycles. The number of methoxy groups -OCH3 is 1. The van der Waals surface area contributed by atoms with Gasteiger partial charge in [0.15, 0.2) is 0 Å². The number of rotatable bonds is 6. The fourth-order valence-electron chi connectivity index (χ4n) is 3.19. The highest BCUT2D eigenvalue weighted by Gasteiger charge is 2.21. The number of halogens is 1. The quantitative estimate of drug-likeness (QED) is 0.749. The minimum atomic E-state index is -0.450. The lowest BCUT2D eigenvalue weighted by atomic mass is 10.2. The van der Waals surface area contributed by atoms with E-state index >= 15 is 0 Å². The largest absolute Gasteiger partial charge is 0.465 e. The van der Waals surface area contributed by atoms with Gasteiger partial charge in [-0.3, -0.25) is 14.6 Å². The zero-order valence-electron chi connectivity index (χ0n) is 16.0. The Bertz CT molecular complexity index is 830. The van der Waals surface area contributed by atoms with Crippen LogP contribution in [0.1, 0.15) is 20.8 Å². The third-order valence-electron chi connectivity index (χ3n) is 4.67. The summed E-state index contributed by atoms with van der Waals surface area (Å²) in [6.45, 7) is 6.18. The highest BCUT2D eigenvalue weighted by atomic mass is 32.1. The highest BCUT2D eigenvalue weighted by molar-refractivity contribution is 7.16. The Hall–Kier alpha value is -2.29. The van der Waals surface area contributed by atoms with Crippen LogP contribution in [0.15, 0.2) is 30.3 Å². The van der Waals surface area contributed by atoms with Crippen molar-refractivity contribution < 1.29 is 18.7 Å². The van der Waals surface area contributed by atoms with E-state index in [1.165, 1.54) is 30.6 Å². The minimum Gasteiger partial charge on any atom is -0.465 e. The number of benzene rings is 1. The first-order valence-corrected chi connectivity index (χ1v) is 9.94. The molecule has 1 amide bonds. The normalized spacial score (nSPS) is 15.4. The van der Waals surface area contributed by atoms with Gasteiger partial charge in [0.25, 0.3) is 0 Å². The summed E-state index contributed by atoms with van der Waals surface area (Å²) in [5, 5.41) is 3.37. The van der Waals surface area contributed by atoms with Gasteiger partial charge in [-0.15, -0.1) is 11.3 Å². The molecule has 2 heterocycles. The molecular formula is C20H24FN3O3S. The average Bonchev–Trinajstić information content (AvgIpc) is 3.04. The lowest BCUT2D eigenvalue weighted by Gasteiger charge is -2.34. The SMILES string of the molecule is COC(=O)c1cc(C)sc1NC(=O)CN1CCN(Cc2ccc(F)cc2)CC1. The molecule has 150 valence electrons. The van der Waals surface area contributed by atoms with Crippen LogP contribution in [0.4, 0.5) is 9.39 Å². The average molecular weight is 405 g/mol. The summed E-state index contributed by atoms with van der Waals surface area (Å²) in [5.74, 6) is -0.816. The summed E-state index contributed by atoms with van der Waals surface area (Å²) in [7, 11) is 1.33. The van der Waals surface area contributed by atoms with Gasteiger partial charge < -0.3 is 10.1 Å². The van der Waals surface area contributed by atoms with Crippen LogP contribution in [0.25, 0.3) is 0 Å². The molecule has 1 aromatic heterocycles. The van der Waals surface area contributed by atoms with Gasteiger partial charge >= 0.3 is 5.97 Å². The smallest absolute Gasteiger partial charge is 0.340 e. The third-order valence-corrected chi connectivity index (χ3v) is 5.63. The summed E-state index contributed by atoms with van der Waals surface area (Å²) in [6, 6.07) is 8.28. The number of hydrogen-bond donors (Lipinski definition) is 1. The summed E-state index contributed by atoms with van der Waals surface area (Å²) in [4.78, 5) is 29.5. The zero-order chi connectivity index (χ0) is 20.1. The van der Waals surface area contributed by atoms with E-state index in [0.717, 1.165) is 43.2 Å². The second-order valence-electron chi connectivity index (χ2n) is 6.82. The van der Waals surface area contributed by atoms with E-state index in [4.69, 9.17) is 4.74 Å². The molecule has 0 saturated carbocycles. The number of hydrogen-bond acceptors (Lipinski definition) is 6. The molecule has 1 aliphatic rings. The van der Waals surface area contributed by atoms with Crippen molar-refractivity contribution in [2.45, 2.75) is 13.5 Å². The first kappa shape index (κ1) is 20.4. The molecule has 28 heavy (non-hydrogen) atoms. The van der Waals surface area contributed by atoms with Crippen LogP contribution in [0.2, 0.25) is 0 Å². The lowest BCUT2D eigenvalue weighted by molar-refractivity contribution is -0.117. The molecule has 0 radical (unpaired) electrons. The Morgan fingerprint density at radius 2 is 1.79 bits per heavy atom. The first-order chi connectivity index (χ1) is 13.4. The van der Waals surface area contributed by atoms with Crippen molar-refractivity contribution in [2.75, 3.05) is 45.2 Å². The predicted octanol–water partition coefficient (Wildman–Crippen LogP) is 2.74. The Kier molecular flexibility index (Phi) is 6.77. The van der Waals surface area contributed by atoms with E-state index in [-0.39, 0.29) is 18.3 Å². The van der Waals surface area contributed by atoms with E-state index in [9.17, 15) is 14.0 Å². The number of carbonyl (C=O) groups excluding carboxylic acids is 2. The van der Waals surface area contributed by atoms with E-state index in [0.29, 0.717) is 10.6 Å². The van der Waals surface area contributed by atoms with Gasteiger partial charge in [0, 0.05) is 37.6 Å². The number of carbonyl (C=O) groups is 2. The predicted molar refractivity (Wildman–Crippen MR) is 107 cm³/mol. The molecule has 0 bridgehead atoms. The van der Waals surface area contributed by atoms with Crippen LogP contribution in [-0.2, 0) is 16.1 Å². The molecule has 1 saturated heterocycles. The fourth-order valence-corrected chi connectivity index (χ4v) is 4.11. The van der Waals surface area contributed by atoms with E-state index in [1.54, 1.807) is 18.2 Å². The Balaban J connectivity index is 1.47. The maximum absolute atomic E-state index is 13.0. The third kappa shape index (κ3) is 5.37. The van der Waals surface area contributed by atoms with Gasteiger partial charge in [0.05, 0.1) is 19.2 Å². The number of nitrogens with one attached hydrogen (secondary N) is 1. The lowest BCUT2D eigenvalue weighted by Crippen LogP contribution is -2.48. The number of esters is 1. The number of nitrogens with zero attached hydrogens (tertiary/aromatic N) is 2. The number of ether oxygens (including phenoxy) is 1. The molecule has 1 aliphatic heterocycles. The van der Waals surface area contributed by atoms with Crippen LogP contribution in [0.3, 0.4) is 0 Å². The molecule has 2 aromatic rings. The second kappa shape index (κ2) is 9.27. The summed E-state index contributed by atoms with van der Waals surface area (Å²) < 4.78 is 17.8. The molecule has 1 N–H and O–H groups in total. The zero-order valence-corrected chi connectivity index (χ0v) is 16.9. The van der Waals surface area contributed by atoms with Crippen molar-refractivity contribution in [3.8, 4) is 0 Å². The maximum Gasteiger partial charge on any atom is 0.340 e. The van der Waals surface area contributed by atoms with Crippen molar-refractivity contribution in [3.05, 3.63) is 52.2 Å². The highest BCUT2D eigenvalue weighted by Crippen LogP contribution is 2.28. The Labute approximate surface area is 167 Å². The summed E-state index contributed by atoms with van der Waals surface area (Å²) in [5.41, 5.74) is 1.47. The molecule has 6 nitrogen and oxygen atoms in total. The van der Waals surface area contributed by atoms with Crippen LogP contribution in [-0.4, -0.2) is 61.5 Å². The number of thiophene rings is 1. The summed E-state index contributed by atoms with van der Waals surface area (Å²) >= 11 is 1.36. The van der Waals surface area contributed by atoms with Crippen LogP contribution < -0.4 is 5.32 Å². The molecule has 1 fully saturated rings. The fraction of sp³-hybridized carbons (Fsp3) is 0.400. The van der Waals surface area contributed by atoms with Gasteiger partial charge in [-0.25, -0.2) is 9.18 Å². The number of aryl methyl sites for hydroxylation is 1. The van der Waals surface area contributed by atoms with Gasteiger partial charge in [-0.1, -0.05) is 12.1 Å². The van der Waals surface area contributed by atoms with Gasteiger partial charge in [-0.2, -0.15) is 0 Å². The first-order valence-electron chi connectivity index (χ1n) is 9.12. The molecular weight excluding hydrogens is 381 g/mol. The molecule has 8 heteroatoms. The van der Waals surface area contributed by atoms with E-state index in [2.05, 4.69) is 15.1 Å². The van der Waals surface area contributed by atoms with E-state index < -0.39 is 5.97 Å². The van der Waals surface area contributed by atoms with Crippen molar-refractivity contribution >= 4 is 28.2 Å². The topological polar surface area (TPSA) is 61.9 Å². The van der Waals surface area contributed by atoms with Crippen molar-refractivity contribution in [1.82, 2.24) is 9.80 Å².